The zero-order valence-corrected chi connectivity index (χ0v) is 13.1. The van der Waals surface area contributed by atoms with Gasteiger partial charge in [0.15, 0.2) is 0 Å². The molecule has 0 unspecified atom stereocenters. The van der Waals surface area contributed by atoms with Gasteiger partial charge in [0, 0.05) is 13.1 Å². The summed E-state index contributed by atoms with van der Waals surface area (Å²) in [5, 5.41) is 10.5. The van der Waals surface area contributed by atoms with Gasteiger partial charge in [-0.3, -0.25) is 33.9 Å². The van der Waals surface area contributed by atoms with Crippen LogP contribution in [0.15, 0.2) is 36.4 Å². The number of benzene rings is 1. The Hall–Kier alpha value is -3.49. The molecule has 0 aliphatic carbocycles. The molecule has 0 saturated carbocycles. The molecule has 1 aromatic carbocycles. The van der Waals surface area contributed by atoms with Crippen LogP contribution in [0.25, 0.3) is 0 Å². The minimum absolute atomic E-state index is 0.155. The lowest BCUT2D eigenvalue weighted by molar-refractivity contribution is -0.164. The van der Waals surface area contributed by atoms with Crippen molar-refractivity contribution in [3.05, 3.63) is 47.5 Å². The predicted molar refractivity (Wildman–Crippen MR) is 82.0 cm³/mol. The number of nitrogens with zero attached hydrogens (tertiary/aromatic N) is 3. The summed E-state index contributed by atoms with van der Waals surface area (Å²) in [6.07, 6.45) is 2.17. The van der Waals surface area contributed by atoms with Crippen molar-refractivity contribution in [2.75, 3.05) is 13.6 Å². The highest BCUT2D eigenvalue weighted by molar-refractivity contribution is 6.23. The van der Waals surface area contributed by atoms with Gasteiger partial charge in [0.1, 0.15) is 12.6 Å². The molecule has 25 heavy (non-hydrogen) atoms. The van der Waals surface area contributed by atoms with Gasteiger partial charge in [-0.15, -0.1) is 0 Å². The third kappa shape index (κ3) is 2.55. The van der Waals surface area contributed by atoms with Crippen LogP contribution in [-0.4, -0.2) is 69.3 Å². The Kier molecular flexibility index (Phi) is 3.84. The van der Waals surface area contributed by atoms with Crippen molar-refractivity contribution in [3.63, 3.8) is 0 Å². The summed E-state index contributed by atoms with van der Waals surface area (Å²) in [6.45, 7) is -0.775. The predicted octanol–water partition coefficient (Wildman–Crippen LogP) is -0.492. The average molecular weight is 343 g/mol. The van der Waals surface area contributed by atoms with Gasteiger partial charge < -0.3 is 5.11 Å². The quantitative estimate of drug-likeness (QED) is 0.741. The SMILES string of the molecule is CN1C(=O)C=C[C@H](N2C(=O)c3ccccc3C2=O)C(=O)N1CC(=O)O. The van der Waals surface area contributed by atoms with Crippen LogP contribution in [0.2, 0.25) is 0 Å². The molecule has 0 fully saturated rings. The number of hydrogen-bond donors (Lipinski definition) is 1. The molecule has 128 valence electrons. The van der Waals surface area contributed by atoms with Crippen LogP contribution in [-0.2, 0) is 14.4 Å². The summed E-state index contributed by atoms with van der Waals surface area (Å²) in [6, 6.07) is 4.71. The first-order valence-electron chi connectivity index (χ1n) is 7.29. The van der Waals surface area contributed by atoms with E-state index < -0.39 is 42.2 Å². The van der Waals surface area contributed by atoms with Gasteiger partial charge in [0.25, 0.3) is 23.6 Å². The number of carboxylic acid groups (broad SMARTS) is 1. The van der Waals surface area contributed by atoms with E-state index in [9.17, 15) is 24.0 Å². The van der Waals surface area contributed by atoms with Crippen LogP contribution >= 0.6 is 0 Å². The van der Waals surface area contributed by atoms with Crippen LogP contribution in [0, 0.1) is 0 Å². The van der Waals surface area contributed by atoms with Gasteiger partial charge in [-0.2, -0.15) is 0 Å². The van der Waals surface area contributed by atoms with Crippen LogP contribution < -0.4 is 0 Å². The minimum atomic E-state index is -1.40. The smallest absolute Gasteiger partial charge is 0.325 e. The molecule has 1 N–H and O–H groups in total. The van der Waals surface area contributed by atoms with E-state index in [0.29, 0.717) is 5.01 Å². The van der Waals surface area contributed by atoms with E-state index in [1.807, 2.05) is 0 Å². The second-order valence-electron chi connectivity index (χ2n) is 5.48. The molecular weight excluding hydrogens is 330 g/mol. The van der Waals surface area contributed by atoms with Crippen LogP contribution in [0.3, 0.4) is 0 Å². The van der Waals surface area contributed by atoms with Gasteiger partial charge in [0.2, 0.25) is 0 Å². The summed E-state index contributed by atoms with van der Waals surface area (Å²) >= 11 is 0. The molecule has 0 spiro atoms. The molecule has 0 aromatic heterocycles. The summed E-state index contributed by atoms with van der Waals surface area (Å²) in [7, 11) is 1.23. The molecule has 0 saturated heterocycles. The fraction of sp³-hybridized carbons (Fsp3) is 0.188. The van der Waals surface area contributed by atoms with E-state index in [-0.39, 0.29) is 11.1 Å². The number of amides is 4. The van der Waals surface area contributed by atoms with E-state index in [1.54, 1.807) is 12.1 Å². The fourth-order valence-corrected chi connectivity index (χ4v) is 2.75. The standard InChI is InChI=1S/C16H13N3O6/c1-17-12(20)7-6-11(16(25)18(17)8-13(21)22)19-14(23)9-4-2-3-5-10(9)15(19)24/h2-7,11H,8H2,1H3,(H,21,22)/t11-/m0/s1. The average Bonchev–Trinajstić information content (AvgIpc) is 2.78. The first-order chi connectivity index (χ1) is 11.8. The van der Waals surface area contributed by atoms with E-state index in [0.717, 1.165) is 22.1 Å². The highest BCUT2D eigenvalue weighted by Crippen LogP contribution is 2.26. The van der Waals surface area contributed by atoms with Crippen molar-refractivity contribution in [2.45, 2.75) is 6.04 Å². The lowest BCUT2D eigenvalue weighted by Crippen LogP contribution is -2.55. The summed E-state index contributed by atoms with van der Waals surface area (Å²) in [4.78, 5) is 61.5. The largest absolute Gasteiger partial charge is 0.480 e. The fourth-order valence-electron chi connectivity index (χ4n) is 2.75. The zero-order chi connectivity index (χ0) is 18.3. The maximum absolute atomic E-state index is 12.7. The number of imide groups is 1. The van der Waals surface area contributed by atoms with E-state index >= 15 is 0 Å². The van der Waals surface area contributed by atoms with Gasteiger partial charge >= 0.3 is 5.97 Å². The minimum Gasteiger partial charge on any atom is -0.480 e. The second-order valence-corrected chi connectivity index (χ2v) is 5.48. The Labute approximate surface area is 141 Å². The zero-order valence-electron chi connectivity index (χ0n) is 13.1. The van der Waals surface area contributed by atoms with Crippen molar-refractivity contribution in [1.82, 2.24) is 14.9 Å². The normalized spacial score (nSPS) is 20.2. The van der Waals surface area contributed by atoms with Crippen molar-refractivity contribution in [1.29, 1.82) is 0 Å². The molecule has 2 aliphatic rings. The summed E-state index contributed by atoms with van der Waals surface area (Å²) < 4.78 is 0. The number of carbonyl (C=O) groups excluding carboxylic acids is 4. The first kappa shape index (κ1) is 16.4. The molecule has 1 aromatic rings. The molecule has 1 atom stereocenters. The number of rotatable bonds is 3. The molecule has 2 heterocycles. The first-order valence-corrected chi connectivity index (χ1v) is 7.29. The molecular formula is C16H13N3O6. The van der Waals surface area contributed by atoms with Crippen molar-refractivity contribution in [3.8, 4) is 0 Å². The van der Waals surface area contributed by atoms with Gasteiger partial charge in [-0.1, -0.05) is 12.1 Å². The van der Waals surface area contributed by atoms with Gasteiger partial charge in [-0.05, 0) is 18.2 Å². The van der Waals surface area contributed by atoms with Crippen molar-refractivity contribution in [2.24, 2.45) is 0 Å². The molecule has 3 rings (SSSR count). The monoisotopic (exact) mass is 343 g/mol. The van der Waals surface area contributed by atoms with E-state index in [1.165, 1.54) is 19.2 Å². The Balaban J connectivity index is 2.02. The van der Waals surface area contributed by atoms with Gasteiger partial charge in [0.05, 0.1) is 11.1 Å². The number of likely N-dealkylation sites (N-methyl/N-ethyl adjacent to an activating group) is 1. The maximum atomic E-state index is 12.7. The number of carbonyl (C=O) groups is 5. The van der Waals surface area contributed by atoms with Crippen LogP contribution in [0.1, 0.15) is 20.7 Å². The summed E-state index contributed by atoms with van der Waals surface area (Å²) in [5.41, 5.74) is 0.310. The number of carboxylic acids is 1. The number of aliphatic carboxylic acids is 1. The maximum Gasteiger partial charge on any atom is 0.325 e. The molecule has 2 aliphatic heterocycles. The van der Waals surface area contributed by atoms with E-state index in [2.05, 4.69) is 0 Å². The van der Waals surface area contributed by atoms with E-state index in [4.69, 9.17) is 5.11 Å². The molecule has 9 heteroatoms. The molecule has 9 nitrogen and oxygen atoms in total. The number of hydrogen-bond acceptors (Lipinski definition) is 5. The Morgan fingerprint density at radius 1 is 1.08 bits per heavy atom. The highest BCUT2D eigenvalue weighted by atomic mass is 16.4. The topological polar surface area (TPSA) is 115 Å². The lowest BCUT2D eigenvalue weighted by Gasteiger charge is -2.31. The molecule has 0 bridgehead atoms. The lowest BCUT2D eigenvalue weighted by atomic mass is 10.1. The molecule has 0 radical (unpaired) electrons. The van der Waals surface area contributed by atoms with Crippen molar-refractivity contribution >= 4 is 29.6 Å². The Morgan fingerprint density at radius 2 is 1.64 bits per heavy atom. The van der Waals surface area contributed by atoms with Crippen molar-refractivity contribution < 1.29 is 29.1 Å². The van der Waals surface area contributed by atoms with Gasteiger partial charge in [-0.25, -0.2) is 5.01 Å². The third-order valence-electron chi connectivity index (χ3n) is 4.00. The second kappa shape index (κ2) is 5.86. The van der Waals surface area contributed by atoms with Crippen LogP contribution in [0.5, 0.6) is 0 Å². The Bertz CT molecular complexity index is 811. The number of hydrazine groups is 1. The number of fused-ring (bicyclic) bond motifs is 1. The highest BCUT2D eigenvalue weighted by Gasteiger charge is 2.45. The molecule has 4 amide bonds. The Morgan fingerprint density at radius 3 is 2.16 bits per heavy atom. The van der Waals surface area contributed by atoms with Crippen LogP contribution in [0.4, 0.5) is 0 Å². The summed E-state index contributed by atoms with van der Waals surface area (Å²) in [5.74, 6) is -4.18. The third-order valence-corrected chi connectivity index (χ3v) is 4.00.